The summed E-state index contributed by atoms with van der Waals surface area (Å²) in [7, 11) is 0. The van der Waals surface area contributed by atoms with Gasteiger partial charge in [-0.25, -0.2) is 13.2 Å². The summed E-state index contributed by atoms with van der Waals surface area (Å²) in [6.07, 6.45) is 2.08. The quantitative estimate of drug-likeness (QED) is 0.235. The molecule has 0 unspecified atom stereocenters. The molecular formula is C28H21F3O. The molecule has 0 aliphatic carbocycles. The van der Waals surface area contributed by atoms with E-state index in [1.165, 1.54) is 6.07 Å². The summed E-state index contributed by atoms with van der Waals surface area (Å²) in [6.45, 7) is 2.79. The molecule has 0 spiro atoms. The molecule has 4 heteroatoms. The van der Waals surface area contributed by atoms with Gasteiger partial charge in [-0.1, -0.05) is 49.5 Å². The summed E-state index contributed by atoms with van der Waals surface area (Å²) in [5.74, 6) is 4.29. The van der Waals surface area contributed by atoms with Crippen LogP contribution in [-0.4, -0.2) is 6.61 Å². The van der Waals surface area contributed by atoms with Gasteiger partial charge < -0.3 is 4.74 Å². The molecular weight excluding hydrogens is 409 g/mol. The van der Waals surface area contributed by atoms with E-state index in [0.29, 0.717) is 22.9 Å². The zero-order chi connectivity index (χ0) is 22.5. The van der Waals surface area contributed by atoms with Crippen LogP contribution in [0.25, 0.3) is 21.9 Å². The minimum atomic E-state index is -0.912. The zero-order valence-electron chi connectivity index (χ0n) is 17.6. The second kappa shape index (κ2) is 9.62. The van der Waals surface area contributed by atoms with Crippen molar-refractivity contribution in [2.75, 3.05) is 6.61 Å². The number of fused-ring (bicyclic) bond motifs is 1. The van der Waals surface area contributed by atoms with E-state index in [1.807, 2.05) is 30.3 Å². The second-order valence-corrected chi connectivity index (χ2v) is 7.50. The smallest absolute Gasteiger partial charge is 0.159 e. The molecule has 0 heterocycles. The predicted octanol–water partition coefficient (Wildman–Crippen LogP) is 7.50. The molecule has 1 nitrogen and oxygen atoms in total. The Morgan fingerprint density at radius 3 is 2.12 bits per heavy atom. The van der Waals surface area contributed by atoms with Crippen molar-refractivity contribution in [3.8, 4) is 28.7 Å². The summed E-state index contributed by atoms with van der Waals surface area (Å²) >= 11 is 0. The lowest BCUT2D eigenvalue weighted by Crippen LogP contribution is -1.96. The van der Waals surface area contributed by atoms with Crippen LogP contribution in [0, 0.1) is 29.3 Å². The second-order valence-electron chi connectivity index (χ2n) is 7.50. The number of halogens is 3. The van der Waals surface area contributed by atoms with Crippen LogP contribution in [0.3, 0.4) is 0 Å². The fraction of sp³-hybridized carbons (Fsp3) is 0.143. The maximum atomic E-state index is 14.7. The van der Waals surface area contributed by atoms with Gasteiger partial charge in [0.15, 0.2) is 11.6 Å². The van der Waals surface area contributed by atoms with Gasteiger partial charge in [0.1, 0.15) is 11.6 Å². The third-order valence-corrected chi connectivity index (χ3v) is 5.14. The minimum Gasteiger partial charge on any atom is -0.494 e. The molecule has 0 aliphatic heterocycles. The van der Waals surface area contributed by atoms with Gasteiger partial charge in [-0.05, 0) is 76.9 Å². The molecule has 4 aromatic rings. The molecule has 160 valence electrons. The van der Waals surface area contributed by atoms with Crippen molar-refractivity contribution in [2.24, 2.45) is 0 Å². The standard InChI is InChI=1S/C28H21F3O/c1-2-3-14-32-25-12-10-20(11-13-25)22-9-8-21(26(29)16-22)6-4-19-5-7-23-17-27(30)28(31)18-24(23)15-19/h5,7-13,15-18H,2-3,14H2,1H3. The summed E-state index contributed by atoms with van der Waals surface area (Å²) in [6, 6.07) is 19.8. The number of unbranched alkanes of at least 4 members (excludes halogenated alkanes) is 1. The number of ether oxygens (including phenoxy) is 1. The molecule has 4 rings (SSSR count). The number of hydrogen-bond donors (Lipinski definition) is 0. The monoisotopic (exact) mass is 430 g/mol. The van der Waals surface area contributed by atoms with E-state index in [1.54, 1.807) is 24.3 Å². The first-order valence-electron chi connectivity index (χ1n) is 10.5. The van der Waals surface area contributed by atoms with Crippen LogP contribution in [0.4, 0.5) is 13.2 Å². The number of hydrogen-bond acceptors (Lipinski definition) is 1. The van der Waals surface area contributed by atoms with Crippen LogP contribution >= 0.6 is 0 Å². The van der Waals surface area contributed by atoms with Gasteiger partial charge in [0.25, 0.3) is 0 Å². The zero-order valence-corrected chi connectivity index (χ0v) is 17.6. The van der Waals surface area contributed by atoms with Crippen LogP contribution in [0.1, 0.15) is 30.9 Å². The highest BCUT2D eigenvalue weighted by atomic mass is 19.2. The lowest BCUT2D eigenvalue weighted by Gasteiger charge is -2.07. The summed E-state index contributed by atoms with van der Waals surface area (Å²) in [5, 5.41) is 1.11. The predicted molar refractivity (Wildman–Crippen MR) is 122 cm³/mol. The Kier molecular flexibility index (Phi) is 6.47. The molecule has 0 fully saturated rings. The van der Waals surface area contributed by atoms with E-state index < -0.39 is 17.5 Å². The maximum Gasteiger partial charge on any atom is 0.159 e. The van der Waals surface area contributed by atoms with Crippen molar-refractivity contribution in [3.05, 3.63) is 101 Å². The Bertz CT molecular complexity index is 1310. The van der Waals surface area contributed by atoms with Gasteiger partial charge in [-0.3, -0.25) is 0 Å². The van der Waals surface area contributed by atoms with E-state index in [-0.39, 0.29) is 5.56 Å². The third-order valence-electron chi connectivity index (χ3n) is 5.14. The lowest BCUT2D eigenvalue weighted by molar-refractivity contribution is 0.309. The fourth-order valence-electron chi connectivity index (χ4n) is 3.33. The Hall–Kier alpha value is -3.71. The fourth-order valence-corrected chi connectivity index (χ4v) is 3.33. The van der Waals surface area contributed by atoms with Crippen molar-refractivity contribution in [2.45, 2.75) is 19.8 Å². The highest BCUT2D eigenvalue weighted by molar-refractivity contribution is 5.84. The third kappa shape index (κ3) is 4.95. The first-order valence-corrected chi connectivity index (χ1v) is 10.5. The van der Waals surface area contributed by atoms with Gasteiger partial charge >= 0.3 is 0 Å². The van der Waals surface area contributed by atoms with E-state index in [9.17, 15) is 13.2 Å². The van der Waals surface area contributed by atoms with Crippen molar-refractivity contribution >= 4 is 10.8 Å². The van der Waals surface area contributed by atoms with Crippen LogP contribution in [-0.2, 0) is 0 Å². The molecule has 0 N–H and O–H groups in total. The molecule has 0 saturated heterocycles. The molecule has 32 heavy (non-hydrogen) atoms. The van der Waals surface area contributed by atoms with Crippen LogP contribution < -0.4 is 4.74 Å². The SMILES string of the molecule is CCCCOc1ccc(-c2ccc(C#Cc3ccc4cc(F)c(F)cc4c3)c(F)c2)cc1. The average molecular weight is 430 g/mol. The summed E-state index contributed by atoms with van der Waals surface area (Å²) < 4.78 is 47.2. The van der Waals surface area contributed by atoms with Crippen LogP contribution in [0.15, 0.2) is 72.8 Å². The van der Waals surface area contributed by atoms with E-state index in [4.69, 9.17) is 4.74 Å². The molecule has 0 amide bonds. The minimum absolute atomic E-state index is 0.263. The summed E-state index contributed by atoms with van der Waals surface area (Å²) in [4.78, 5) is 0. The Labute approximate surface area is 185 Å². The molecule has 4 aromatic carbocycles. The topological polar surface area (TPSA) is 9.23 Å². The number of benzene rings is 4. The Morgan fingerprint density at radius 2 is 1.41 bits per heavy atom. The van der Waals surface area contributed by atoms with Gasteiger partial charge in [0.05, 0.1) is 12.2 Å². The van der Waals surface area contributed by atoms with E-state index >= 15 is 0 Å². The van der Waals surface area contributed by atoms with Gasteiger partial charge in [0.2, 0.25) is 0 Å². The van der Waals surface area contributed by atoms with Gasteiger partial charge in [-0.2, -0.15) is 0 Å². The average Bonchev–Trinajstić information content (AvgIpc) is 2.80. The molecule has 0 bridgehead atoms. The van der Waals surface area contributed by atoms with Crippen LogP contribution in [0.2, 0.25) is 0 Å². The first-order chi connectivity index (χ1) is 15.5. The van der Waals surface area contributed by atoms with Gasteiger partial charge in [0, 0.05) is 5.56 Å². The summed E-state index contributed by atoms with van der Waals surface area (Å²) in [5.41, 5.74) is 2.48. The molecule has 0 aromatic heterocycles. The van der Waals surface area contributed by atoms with Crippen molar-refractivity contribution in [3.63, 3.8) is 0 Å². The van der Waals surface area contributed by atoms with Crippen molar-refractivity contribution in [1.29, 1.82) is 0 Å². The largest absolute Gasteiger partial charge is 0.494 e. The highest BCUT2D eigenvalue weighted by Gasteiger charge is 2.06. The highest BCUT2D eigenvalue weighted by Crippen LogP contribution is 2.25. The van der Waals surface area contributed by atoms with Crippen molar-refractivity contribution in [1.82, 2.24) is 0 Å². The van der Waals surface area contributed by atoms with E-state index in [0.717, 1.165) is 41.9 Å². The Balaban J connectivity index is 1.53. The molecule has 0 radical (unpaired) electrons. The van der Waals surface area contributed by atoms with Crippen LogP contribution in [0.5, 0.6) is 5.75 Å². The first kappa shape index (κ1) is 21.5. The Morgan fingerprint density at radius 1 is 0.688 bits per heavy atom. The van der Waals surface area contributed by atoms with Crippen molar-refractivity contribution < 1.29 is 17.9 Å². The van der Waals surface area contributed by atoms with Gasteiger partial charge in [-0.15, -0.1) is 0 Å². The normalized spacial score (nSPS) is 10.6. The lowest BCUT2D eigenvalue weighted by atomic mass is 10.0. The molecule has 0 aliphatic rings. The molecule has 0 saturated carbocycles. The van der Waals surface area contributed by atoms with E-state index in [2.05, 4.69) is 18.8 Å². The maximum absolute atomic E-state index is 14.7. The molecule has 0 atom stereocenters. The number of rotatable bonds is 5.